The first-order chi connectivity index (χ1) is 9.56. The van der Waals surface area contributed by atoms with Gasteiger partial charge in [-0.25, -0.2) is 0 Å². The summed E-state index contributed by atoms with van der Waals surface area (Å²) in [4.78, 5) is 4.17. The second kappa shape index (κ2) is 6.92. The number of hydrogen-bond donors (Lipinski definition) is 0. The molecule has 0 atom stereocenters. The molecular formula is C15H12Cl3N2+. The fourth-order valence-corrected chi connectivity index (χ4v) is 2.58. The van der Waals surface area contributed by atoms with E-state index in [0.717, 1.165) is 12.1 Å². The van der Waals surface area contributed by atoms with Crippen LogP contribution in [0.15, 0.2) is 47.6 Å². The lowest BCUT2D eigenvalue weighted by molar-refractivity contribution is -0.0799. The number of hydrogen-bond acceptors (Lipinski definition) is 1. The van der Waals surface area contributed by atoms with Crippen LogP contribution in [0.4, 0.5) is 5.69 Å². The molecule has 0 aliphatic rings. The molecule has 5 heteroatoms. The molecule has 2 aromatic carbocycles. The first-order valence-electron chi connectivity index (χ1n) is 5.99. The van der Waals surface area contributed by atoms with Crippen molar-refractivity contribution in [3.8, 4) is 0 Å². The van der Waals surface area contributed by atoms with E-state index in [-0.39, 0.29) is 0 Å². The summed E-state index contributed by atoms with van der Waals surface area (Å²) in [5, 5.41) is 5.36. The van der Waals surface area contributed by atoms with Gasteiger partial charge in [-0.15, -0.1) is 0 Å². The highest BCUT2D eigenvalue weighted by Crippen LogP contribution is 2.35. The van der Waals surface area contributed by atoms with E-state index in [1.807, 2.05) is 37.3 Å². The second-order valence-electron chi connectivity index (χ2n) is 4.32. The summed E-state index contributed by atoms with van der Waals surface area (Å²) in [6.07, 6.45) is 0.729. The van der Waals surface area contributed by atoms with Crippen LogP contribution in [0.25, 0.3) is 0 Å². The predicted octanol–water partition coefficient (Wildman–Crippen LogP) is 5.64. The van der Waals surface area contributed by atoms with Crippen LogP contribution in [-0.2, 0) is 6.42 Å². The lowest BCUT2D eigenvalue weighted by Gasteiger charge is -1.96. The normalized spacial score (nSPS) is 10.0. The zero-order chi connectivity index (χ0) is 14.5. The Kier molecular flexibility index (Phi) is 5.22. The van der Waals surface area contributed by atoms with E-state index >= 15 is 0 Å². The molecule has 0 unspecified atom stereocenters. The lowest BCUT2D eigenvalue weighted by atomic mass is 10.1. The summed E-state index contributed by atoms with van der Waals surface area (Å²) in [5.74, 6) is 0. The third kappa shape index (κ3) is 4.09. The predicted molar refractivity (Wildman–Crippen MR) is 84.6 cm³/mol. The molecule has 0 aliphatic heterocycles. The summed E-state index contributed by atoms with van der Waals surface area (Å²) in [6.45, 7) is 1.91. The third-order valence-corrected chi connectivity index (χ3v) is 3.40. The summed E-state index contributed by atoms with van der Waals surface area (Å²) < 4.78 is 0. The molecule has 0 aliphatic carbocycles. The zero-order valence-corrected chi connectivity index (χ0v) is 13.0. The van der Waals surface area contributed by atoms with Crippen LogP contribution < -0.4 is 0 Å². The van der Waals surface area contributed by atoms with Gasteiger partial charge in [0.1, 0.15) is 5.11 Å². The third-order valence-electron chi connectivity index (χ3n) is 2.61. The Morgan fingerprint density at radius 1 is 1.05 bits per heavy atom. The monoisotopic (exact) mass is 325 g/mol. The molecule has 2 aromatic rings. The van der Waals surface area contributed by atoms with E-state index in [0.29, 0.717) is 20.8 Å². The van der Waals surface area contributed by atoms with Crippen LogP contribution in [0, 0.1) is 0 Å². The number of halogens is 3. The molecular weight excluding hydrogens is 315 g/mol. The summed E-state index contributed by atoms with van der Waals surface area (Å²) in [5.41, 5.74) is 2.49. The maximum absolute atomic E-state index is 6.05. The topological polar surface area (TPSA) is 26.5 Å². The van der Waals surface area contributed by atoms with E-state index in [1.165, 1.54) is 5.56 Å². The van der Waals surface area contributed by atoms with Crippen molar-refractivity contribution < 1.29 is 4.79 Å². The van der Waals surface area contributed by atoms with Gasteiger partial charge in [-0.05, 0) is 17.7 Å². The van der Waals surface area contributed by atoms with Crippen LogP contribution >= 0.6 is 34.8 Å². The van der Waals surface area contributed by atoms with Gasteiger partial charge in [0.05, 0.1) is 21.3 Å². The van der Waals surface area contributed by atoms with E-state index in [1.54, 1.807) is 12.1 Å². The SMILES string of the molecule is CC(Cc1ccccc1)=[N+]=Nc1c(Cl)cc(Cl)cc1Cl. The Morgan fingerprint density at radius 3 is 2.25 bits per heavy atom. The molecule has 0 saturated heterocycles. The molecule has 0 N–H and O–H groups in total. The maximum Gasteiger partial charge on any atom is 0.320 e. The van der Waals surface area contributed by atoms with E-state index in [2.05, 4.69) is 9.90 Å². The fourth-order valence-electron chi connectivity index (χ4n) is 1.69. The molecule has 20 heavy (non-hydrogen) atoms. The molecule has 0 radical (unpaired) electrons. The van der Waals surface area contributed by atoms with Crippen molar-refractivity contribution in [2.24, 2.45) is 5.11 Å². The highest BCUT2D eigenvalue weighted by atomic mass is 35.5. The van der Waals surface area contributed by atoms with Crippen molar-refractivity contribution in [2.45, 2.75) is 13.3 Å². The number of benzene rings is 2. The molecule has 0 aromatic heterocycles. The van der Waals surface area contributed by atoms with Gasteiger partial charge < -0.3 is 0 Å². The summed E-state index contributed by atoms with van der Waals surface area (Å²) in [7, 11) is 0. The fraction of sp³-hybridized carbons (Fsp3) is 0.133. The second-order valence-corrected chi connectivity index (χ2v) is 5.57. The van der Waals surface area contributed by atoms with Gasteiger partial charge in [0.2, 0.25) is 0 Å². The van der Waals surface area contributed by atoms with Crippen LogP contribution in [0.5, 0.6) is 0 Å². The van der Waals surface area contributed by atoms with Gasteiger partial charge in [0.15, 0.2) is 5.69 Å². The molecule has 2 rings (SSSR count). The minimum absolute atomic E-state index is 0.388. The van der Waals surface area contributed by atoms with Crippen molar-refractivity contribution in [2.75, 3.05) is 0 Å². The van der Waals surface area contributed by atoms with Crippen molar-refractivity contribution >= 4 is 46.2 Å². The Labute approximate surface area is 132 Å². The Hall–Kier alpha value is -1.31. The van der Waals surface area contributed by atoms with Crippen LogP contribution in [0.2, 0.25) is 15.1 Å². The standard InChI is InChI=1S/C15H12Cl3N2/c1-10(7-11-5-3-2-4-6-11)19-20-15-13(17)8-12(16)9-14(15)18/h2-6,8-9H,7H2,1H3/q+1. The Balaban J connectivity index is 2.26. The van der Waals surface area contributed by atoms with E-state index in [4.69, 9.17) is 34.8 Å². The van der Waals surface area contributed by atoms with Gasteiger partial charge in [-0.3, -0.25) is 0 Å². The van der Waals surface area contributed by atoms with Gasteiger partial charge in [0, 0.05) is 11.9 Å². The molecule has 2 nitrogen and oxygen atoms in total. The Morgan fingerprint density at radius 2 is 1.65 bits per heavy atom. The molecule has 102 valence electrons. The molecule has 0 saturated carbocycles. The Bertz CT molecular complexity index is 652. The average Bonchev–Trinajstić information content (AvgIpc) is 2.38. The van der Waals surface area contributed by atoms with Crippen molar-refractivity contribution in [1.82, 2.24) is 0 Å². The molecule has 0 fully saturated rings. The van der Waals surface area contributed by atoms with E-state index < -0.39 is 0 Å². The maximum atomic E-state index is 6.05. The van der Waals surface area contributed by atoms with Gasteiger partial charge >= 0.3 is 5.71 Å². The summed E-state index contributed by atoms with van der Waals surface area (Å²) in [6, 6.07) is 13.2. The van der Waals surface area contributed by atoms with E-state index in [9.17, 15) is 0 Å². The van der Waals surface area contributed by atoms with Gasteiger partial charge in [0.25, 0.3) is 0 Å². The van der Waals surface area contributed by atoms with Gasteiger partial charge in [-0.1, -0.05) is 65.1 Å². The number of rotatable bonds is 3. The van der Waals surface area contributed by atoms with Crippen molar-refractivity contribution in [1.29, 1.82) is 0 Å². The van der Waals surface area contributed by atoms with Crippen LogP contribution in [-0.4, -0.2) is 10.5 Å². The molecule has 0 amide bonds. The van der Waals surface area contributed by atoms with Crippen molar-refractivity contribution in [3.05, 3.63) is 63.1 Å². The highest BCUT2D eigenvalue weighted by Gasteiger charge is 2.12. The lowest BCUT2D eigenvalue weighted by Crippen LogP contribution is -1.98. The van der Waals surface area contributed by atoms with Gasteiger partial charge in [-0.2, -0.15) is 0 Å². The largest absolute Gasteiger partial charge is 0.320 e. The molecule has 0 spiro atoms. The highest BCUT2D eigenvalue weighted by molar-refractivity contribution is 6.41. The quantitative estimate of drug-likeness (QED) is 0.396. The zero-order valence-electron chi connectivity index (χ0n) is 10.8. The number of nitrogens with zero attached hydrogens (tertiary/aromatic N) is 2. The van der Waals surface area contributed by atoms with Crippen LogP contribution in [0.3, 0.4) is 0 Å². The minimum Gasteiger partial charge on any atom is -0.0842 e. The first kappa shape index (κ1) is 15.1. The van der Waals surface area contributed by atoms with Crippen LogP contribution in [0.1, 0.15) is 12.5 Å². The average molecular weight is 327 g/mol. The minimum atomic E-state index is 0.388. The van der Waals surface area contributed by atoms with Crippen molar-refractivity contribution in [3.63, 3.8) is 0 Å². The molecule has 0 bridgehead atoms. The smallest absolute Gasteiger partial charge is 0.0842 e. The first-order valence-corrected chi connectivity index (χ1v) is 7.12. The summed E-state index contributed by atoms with van der Waals surface area (Å²) >= 11 is 17.9. The molecule has 0 heterocycles.